The Morgan fingerprint density at radius 3 is 2.77 bits per heavy atom. The maximum Gasteiger partial charge on any atom is 0.231 e. The van der Waals surface area contributed by atoms with Gasteiger partial charge in [-0.1, -0.05) is 6.07 Å². The van der Waals surface area contributed by atoms with E-state index >= 15 is 0 Å². The van der Waals surface area contributed by atoms with Crippen LogP contribution in [0.4, 0.5) is 0 Å². The van der Waals surface area contributed by atoms with Crippen molar-refractivity contribution in [1.82, 2.24) is 10.6 Å². The van der Waals surface area contributed by atoms with Crippen molar-refractivity contribution in [2.24, 2.45) is 4.99 Å². The van der Waals surface area contributed by atoms with Crippen molar-refractivity contribution >= 4 is 29.9 Å². The molecule has 4 rings (SSSR count). The summed E-state index contributed by atoms with van der Waals surface area (Å²) in [5, 5.41) is 6.70. The molecule has 30 heavy (non-hydrogen) atoms. The Bertz CT molecular complexity index is 919. The average molecular weight is 525 g/mol. The molecule has 162 valence electrons. The lowest BCUT2D eigenvalue weighted by Crippen LogP contribution is -2.37. The summed E-state index contributed by atoms with van der Waals surface area (Å²) in [7, 11) is 3.46. The minimum absolute atomic E-state index is 0. The normalized spacial score (nSPS) is 16.4. The molecule has 1 unspecified atom stereocenters. The van der Waals surface area contributed by atoms with Crippen LogP contribution in [0, 0.1) is 0 Å². The Morgan fingerprint density at radius 1 is 1.13 bits per heavy atom. The van der Waals surface area contributed by atoms with Gasteiger partial charge in [0.15, 0.2) is 17.5 Å². The highest BCUT2D eigenvalue weighted by Gasteiger charge is 2.21. The molecule has 2 aliphatic heterocycles. The average Bonchev–Trinajstić information content (AvgIpc) is 3.34. The highest BCUT2D eigenvalue weighted by Crippen LogP contribution is 2.35. The van der Waals surface area contributed by atoms with E-state index in [0.717, 1.165) is 53.9 Å². The zero-order valence-corrected chi connectivity index (χ0v) is 19.8. The molecule has 0 radical (unpaired) electrons. The van der Waals surface area contributed by atoms with Crippen LogP contribution in [-0.4, -0.2) is 39.6 Å². The molecule has 0 amide bonds. The molecule has 2 aromatic rings. The van der Waals surface area contributed by atoms with Gasteiger partial charge in [0.1, 0.15) is 17.6 Å². The van der Waals surface area contributed by atoms with E-state index in [1.165, 1.54) is 11.1 Å². The number of hydrogen-bond acceptors (Lipinski definition) is 5. The summed E-state index contributed by atoms with van der Waals surface area (Å²) in [6.07, 6.45) is 1.98. The van der Waals surface area contributed by atoms with Crippen LogP contribution >= 0.6 is 24.0 Å². The number of halogens is 1. The number of fused-ring (bicyclic) bond motifs is 2. The van der Waals surface area contributed by atoms with Gasteiger partial charge < -0.3 is 29.6 Å². The van der Waals surface area contributed by atoms with Crippen LogP contribution in [0.5, 0.6) is 23.0 Å². The summed E-state index contributed by atoms with van der Waals surface area (Å²) in [6.45, 7) is 3.72. The van der Waals surface area contributed by atoms with Crippen LogP contribution in [0.2, 0.25) is 0 Å². The van der Waals surface area contributed by atoms with Crippen LogP contribution in [0.25, 0.3) is 0 Å². The van der Waals surface area contributed by atoms with Crippen molar-refractivity contribution in [3.8, 4) is 23.0 Å². The Hall–Kier alpha value is -2.36. The van der Waals surface area contributed by atoms with Gasteiger partial charge in [-0.25, -0.2) is 0 Å². The number of nitrogens with zero attached hydrogens (tertiary/aromatic N) is 1. The van der Waals surface area contributed by atoms with Gasteiger partial charge in [-0.2, -0.15) is 0 Å². The van der Waals surface area contributed by atoms with Crippen molar-refractivity contribution in [1.29, 1.82) is 0 Å². The van der Waals surface area contributed by atoms with E-state index in [1.54, 1.807) is 14.2 Å². The van der Waals surface area contributed by atoms with E-state index in [4.69, 9.17) is 18.9 Å². The van der Waals surface area contributed by atoms with E-state index in [9.17, 15) is 0 Å². The molecule has 2 N–H and O–H groups in total. The van der Waals surface area contributed by atoms with Gasteiger partial charge in [0, 0.05) is 37.7 Å². The Kier molecular flexibility index (Phi) is 7.52. The molecular weight excluding hydrogens is 497 g/mol. The molecule has 0 fully saturated rings. The second kappa shape index (κ2) is 10.1. The number of hydrogen-bond donors (Lipinski definition) is 2. The first kappa shape index (κ1) is 22.3. The molecular formula is C22H28IN3O4. The number of guanidine groups is 1. The largest absolute Gasteiger partial charge is 0.496 e. The van der Waals surface area contributed by atoms with Crippen molar-refractivity contribution in [3.05, 3.63) is 47.0 Å². The highest BCUT2D eigenvalue weighted by molar-refractivity contribution is 14.0. The predicted octanol–water partition coefficient (Wildman–Crippen LogP) is 3.27. The number of nitrogens with one attached hydrogen (secondary N) is 2. The van der Waals surface area contributed by atoms with E-state index in [-0.39, 0.29) is 30.1 Å². The minimum atomic E-state index is 0. The predicted molar refractivity (Wildman–Crippen MR) is 127 cm³/mol. The Labute approximate surface area is 194 Å². The van der Waals surface area contributed by atoms with E-state index in [2.05, 4.69) is 40.7 Å². The summed E-state index contributed by atoms with van der Waals surface area (Å²) in [4.78, 5) is 4.31. The van der Waals surface area contributed by atoms with Gasteiger partial charge >= 0.3 is 0 Å². The smallest absolute Gasteiger partial charge is 0.231 e. The van der Waals surface area contributed by atoms with Gasteiger partial charge in [-0.15, -0.1) is 24.0 Å². The number of benzene rings is 2. The molecule has 0 aromatic heterocycles. The van der Waals surface area contributed by atoms with Crippen molar-refractivity contribution in [2.45, 2.75) is 32.4 Å². The third-order valence-electron chi connectivity index (χ3n) is 5.11. The molecule has 0 spiro atoms. The lowest BCUT2D eigenvalue weighted by atomic mass is 10.1. The second-order valence-electron chi connectivity index (χ2n) is 7.19. The van der Waals surface area contributed by atoms with Crippen LogP contribution in [0.15, 0.2) is 35.3 Å². The second-order valence-corrected chi connectivity index (χ2v) is 7.19. The molecule has 0 bridgehead atoms. The molecule has 0 saturated carbocycles. The van der Waals surface area contributed by atoms with Gasteiger partial charge in [-0.3, -0.25) is 4.99 Å². The molecule has 1 atom stereocenters. The molecule has 0 aliphatic carbocycles. The topological polar surface area (TPSA) is 73.3 Å². The van der Waals surface area contributed by atoms with Crippen LogP contribution in [0.3, 0.4) is 0 Å². The third kappa shape index (κ3) is 5.03. The molecule has 8 heteroatoms. The Balaban J connectivity index is 0.00000256. The van der Waals surface area contributed by atoms with Crippen LogP contribution < -0.4 is 29.6 Å². The first-order chi connectivity index (χ1) is 14.2. The fourth-order valence-electron chi connectivity index (χ4n) is 3.63. The lowest BCUT2D eigenvalue weighted by molar-refractivity contribution is 0.174. The maximum absolute atomic E-state index is 5.88. The Morgan fingerprint density at radius 2 is 1.97 bits per heavy atom. The van der Waals surface area contributed by atoms with Gasteiger partial charge in [0.05, 0.1) is 7.11 Å². The van der Waals surface area contributed by atoms with Gasteiger partial charge in [0.25, 0.3) is 0 Å². The van der Waals surface area contributed by atoms with Crippen molar-refractivity contribution in [2.75, 3.05) is 27.5 Å². The first-order valence-corrected chi connectivity index (χ1v) is 9.85. The molecule has 2 aliphatic rings. The minimum Gasteiger partial charge on any atom is -0.496 e. The fourth-order valence-corrected chi connectivity index (χ4v) is 3.63. The zero-order valence-electron chi connectivity index (χ0n) is 17.5. The summed E-state index contributed by atoms with van der Waals surface area (Å²) in [5.41, 5.74) is 3.42. The summed E-state index contributed by atoms with van der Waals surface area (Å²) < 4.78 is 22.2. The molecule has 2 aromatic carbocycles. The molecule has 0 saturated heterocycles. The van der Waals surface area contributed by atoms with Crippen molar-refractivity contribution < 1.29 is 18.9 Å². The number of methoxy groups -OCH3 is 1. The SMILES string of the molecule is CN=C(NCCc1ccc2c(c1)OCO2)NCc1cc2c(cc1OC)CC(C)O2.I. The summed E-state index contributed by atoms with van der Waals surface area (Å²) >= 11 is 0. The van der Waals surface area contributed by atoms with Crippen molar-refractivity contribution in [3.63, 3.8) is 0 Å². The third-order valence-corrected chi connectivity index (χ3v) is 5.11. The first-order valence-electron chi connectivity index (χ1n) is 9.85. The monoisotopic (exact) mass is 525 g/mol. The lowest BCUT2D eigenvalue weighted by Gasteiger charge is -2.15. The van der Waals surface area contributed by atoms with Crippen LogP contribution in [-0.2, 0) is 19.4 Å². The van der Waals surface area contributed by atoms with Crippen LogP contribution in [0.1, 0.15) is 23.6 Å². The number of aliphatic imine (C=N–C) groups is 1. The zero-order chi connectivity index (χ0) is 20.2. The standard InChI is InChI=1S/C22H27N3O4.HI/c1-14-8-16-10-19(26-3)17(11-20(16)29-14)12-25-22(23-2)24-7-6-15-4-5-18-21(9-15)28-13-27-18;/h4-5,9-11,14H,6-8,12-13H2,1-3H3,(H2,23,24,25);1H. The molecule has 7 nitrogen and oxygen atoms in total. The quantitative estimate of drug-likeness (QED) is 0.343. The number of ether oxygens (including phenoxy) is 4. The molecule has 2 heterocycles. The van der Waals surface area contributed by atoms with E-state index < -0.39 is 0 Å². The summed E-state index contributed by atoms with van der Waals surface area (Å²) in [5.74, 6) is 4.17. The van der Waals surface area contributed by atoms with Gasteiger partial charge in [-0.05, 0) is 43.2 Å². The van der Waals surface area contributed by atoms with Gasteiger partial charge in [0.2, 0.25) is 6.79 Å². The van der Waals surface area contributed by atoms with E-state index in [0.29, 0.717) is 13.3 Å². The fraction of sp³-hybridized carbons (Fsp3) is 0.409. The summed E-state index contributed by atoms with van der Waals surface area (Å²) in [6, 6.07) is 10.2. The van der Waals surface area contributed by atoms with E-state index in [1.807, 2.05) is 12.1 Å². The number of rotatable bonds is 6. The maximum atomic E-state index is 5.88. The highest BCUT2D eigenvalue weighted by atomic mass is 127.